The first-order chi connectivity index (χ1) is 8.54. The molecule has 92 valence electrons. The minimum atomic E-state index is 0.575. The van der Waals surface area contributed by atoms with Crippen molar-refractivity contribution in [1.82, 2.24) is 9.78 Å². The fraction of sp³-hybridized carbons (Fsp3) is 0.231. The van der Waals surface area contributed by atoms with Crippen LogP contribution in [0.25, 0.3) is 0 Å². The highest BCUT2D eigenvalue weighted by Gasteiger charge is 2.14. The number of halogens is 1. The lowest BCUT2D eigenvalue weighted by molar-refractivity contribution is 0.765. The summed E-state index contributed by atoms with van der Waals surface area (Å²) in [5.41, 5.74) is 3.36. The third kappa shape index (κ3) is 2.12. The molecule has 0 aliphatic carbocycles. The maximum Gasteiger partial charge on any atom is 0.146 e. The zero-order valence-electron chi connectivity index (χ0n) is 10.5. The van der Waals surface area contributed by atoms with Crippen molar-refractivity contribution < 1.29 is 0 Å². The Kier molecular flexibility index (Phi) is 3.39. The third-order valence-electron chi connectivity index (χ3n) is 2.78. The summed E-state index contributed by atoms with van der Waals surface area (Å²) in [7, 11) is 1.82. The topological polar surface area (TPSA) is 53.6 Å². The van der Waals surface area contributed by atoms with Crippen LogP contribution in [0, 0.1) is 25.2 Å². The maximum atomic E-state index is 9.16. The Morgan fingerprint density at radius 2 is 2.11 bits per heavy atom. The number of hydrogen-bond acceptors (Lipinski definition) is 3. The van der Waals surface area contributed by atoms with E-state index in [4.69, 9.17) is 5.26 Å². The zero-order chi connectivity index (χ0) is 13.3. The molecule has 0 spiro atoms. The van der Waals surface area contributed by atoms with E-state index in [0.29, 0.717) is 11.4 Å². The van der Waals surface area contributed by atoms with E-state index < -0.39 is 0 Å². The lowest BCUT2D eigenvalue weighted by Crippen LogP contribution is -2.01. The molecule has 0 saturated carbocycles. The summed E-state index contributed by atoms with van der Waals surface area (Å²) in [6, 6.07) is 8.13. The van der Waals surface area contributed by atoms with Gasteiger partial charge >= 0.3 is 0 Å². The summed E-state index contributed by atoms with van der Waals surface area (Å²) in [6.07, 6.45) is 0. The third-order valence-corrected chi connectivity index (χ3v) is 3.83. The van der Waals surface area contributed by atoms with Crippen molar-refractivity contribution in [1.29, 1.82) is 5.26 Å². The summed E-state index contributed by atoms with van der Waals surface area (Å²) < 4.78 is 2.68. The number of anilines is 2. The zero-order valence-corrected chi connectivity index (χ0v) is 12.0. The van der Waals surface area contributed by atoms with Crippen LogP contribution in [0.4, 0.5) is 11.5 Å². The van der Waals surface area contributed by atoms with Crippen molar-refractivity contribution in [3.63, 3.8) is 0 Å². The quantitative estimate of drug-likeness (QED) is 0.925. The average molecular weight is 305 g/mol. The van der Waals surface area contributed by atoms with Crippen LogP contribution >= 0.6 is 15.9 Å². The molecule has 4 nitrogen and oxygen atoms in total. The van der Waals surface area contributed by atoms with Gasteiger partial charge in [0.05, 0.1) is 11.4 Å². The molecule has 0 saturated heterocycles. The summed E-state index contributed by atoms with van der Waals surface area (Å²) in [4.78, 5) is 0. The number of rotatable bonds is 2. The minimum Gasteiger partial charge on any atom is -0.338 e. The Labute approximate surface area is 114 Å². The van der Waals surface area contributed by atoms with Gasteiger partial charge in [0.2, 0.25) is 0 Å². The SMILES string of the molecule is Cc1cccc(Nc2c(C#N)c(C)nn2C)c1Br. The number of nitriles is 1. The first kappa shape index (κ1) is 12.7. The summed E-state index contributed by atoms with van der Waals surface area (Å²) >= 11 is 3.54. The molecule has 1 aromatic heterocycles. The van der Waals surface area contributed by atoms with Gasteiger partial charge in [-0.15, -0.1) is 0 Å². The predicted octanol–water partition coefficient (Wildman–Crippen LogP) is 3.41. The summed E-state index contributed by atoms with van der Waals surface area (Å²) in [5, 5.41) is 16.7. The number of aromatic nitrogens is 2. The van der Waals surface area contributed by atoms with Gasteiger partial charge in [0.25, 0.3) is 0 Å². The normalized spacial score (nSPS) is 10.2. The fourth-order valence-electron chi connectivity index (χ4n) is 1.81. The van der Waals surface area contributed by atoms with Crippen LogP contribution in [0.15, 0.2) is 22.7 Å². The van der Waals surface area contributed by atoms with Gasteiger partial charge < -0.3 is 5.32 Å². The van der Waals surface area contributed by atoms with E-state index >= 15 is 0 Å². The van der Waals surface area contributed by atoms with Gasteiger partial charge in [0.1, 0.15) is 17.5 Å². The molecule has 0 unspecified atom stereocenters. The number of nitrogens with zero attached hydrogens (tertiary/aromatic N) is 3. The van der Waals surface area contributed by atoms with Crippen LogP contribution in [0.1, 0.15) is 16.8 Å². The molecule has 1 aromatic carbocycles. The second kappa shape index (κ2) is 4.83. The molecular formula is C13H13BrN4. The van der Waals surface area contributed by atoms with Crippen molar-refractivity contribution in [2.24, 2.45) is 7.05 Å². The lowest BCUT2D eigenvalue weighted by atomic mass is 10.2. The molecule has 5 heteroatoms. The van der Waals surface area contributed by atoms with Crippen molar-refractivity contribution in [2.45, 2.75) is 13.8 Å². The van der Waals surface area contributed by atoms with Crippen LogP contribution in [-0.2, 0) is 7.05 Å². The largest absolute Gasteiger partial charge is 0.338 e. The van der Waals surface area contributed by atoms with E-state index in [9.17, 15) is 0 Å². The predicted molar refractivity (Wildman–Crippen MR) is 74.8 cm³/mol. The lowest BCUT2D eigenvalue weighted by Gasteiger charge is -2.10. The van der Waals surface area contributed by atoms with Crippen LogP contribution in [0.5, 0.6) is 0 Å². The van der Waals surface area contributed by atoms with Crippen molar-refractivity contribution in [3.8, 4) is 6.07 Å². The van der Waals surface area contributed by atoms with Gasteiger partial charge in [0.15, 0.2) is 0 Å². The Bertz CT molecular complexity index is 637. The molecule has 0 aliphatic rings. The van der Waals surface area contributed by atoms with Gasteiger partial charge in [-0.1, -0.05) is 12.1 Å². The molecule has 0 bridgehead atoms. The molecule has 1 heterocycles. The fourth-order valence-corrected chi connectivity index (χ4v) is 2.17. The van der Waals surface area contributed by atoms with E-state index in [1.807, 2.05) is 39.1 Å². The van der Waals surface area contributed by atoms with E-state index in [2.05, 4.69) is 32.4 Å². The smallest absolute Gasteiger partial charge is 0.146 e. The van der Waals surface area contributed by atoms with Crippen LogP contribution in [0.2, 0.25) is 0 Å². The Morgan fingerprint density at radius 1 is 1.39 bits per heavy atom. The molecule has 0 amide bonds. The van der Waals surface area contributed by atoms with Gasteiger partial charge in [-0.05, 0) is 41.4 Å². The highest BCUT2D eigenvalue weighted by molar-refractivity contribution is 9.10. The maximum absolute atomic E-state index is 9.16. The van der Waals surface area contributed by atoms with Crippen LogP contribution in [0.3, 0.4) is 0 Å². The summed E-state index contributed by atoms with van der Waals surface area (Å²) in [5.74, 6) is 0.710. The first-order valence-corrected chi connectivity index (χ1v) is 6.29. The molecule has 0 radical (unpaired) electrons. The summed E-state index contributed by atoms with van der Waals surface area (Å²) in [6.45, 7) is 3.85. The minimum absolute atomic E-state index is 0.575. The van der Waals surface area contributed by atoms with Gasteiger partial charge in [-0.2, -0.15) is 10.4 Å². The van der Waals surface area contributed by atoms with Gasteiger partial charge in [-0.25, -0.2) is 0 Å². The number of aryl methyl sites for hydroxylation is 3. The first-order valence-electron chi connectivity index (χ1n) is 5.50. The average Bonchev–Trinajstić information content (AvgIpc) is 2.59. The molecule has 18 heavy (non-hydrogen) atoms. The van der Waals surface area contributed by atoms with Crippen molar-refractivity contribution in [3.05, 3.63) is 39.5 Å². The molecule has 0 fully saturated rings. The highest BCUT2D eigenvalue weighted by Crippen LogP contribution is 2.30. The van der Waals surface area contributed by atoms with Gasteiger partial charge in [-0.3, -0.25) is 4.68 Å². The Balaban J connectivity index is 2.47. The number of benzene rings is 1. The number of hydrogen-bond donors (Lipinski definition) is 1. The molecule has 0 atom stereocenters. The van der Waals surface area contributed by atoms with Crippen molar-refractivity contribution >= 4 is 27.4 Å². The number of nitrogens with one attached hydrogen (secondary N) is 1. The molecular weight excluding hydrogens is 292 g/mol. The molecule has 0 aliphatic heterocycles. The molecule has 1 N–H and O–H groups in total. The van der Waals surface area contributed by atoms with E-state index in [1.54, 1.807) is 4.68 Å². The highest BCUT2D eigenvalue weighted by atomic mass is 79.9. The van der Waals surface area contributed by atoms with Crippen LogP contribution < -0.4 is 5.32 Å². The Hall–Kier alpha value is -1.80. The second-order valence-electron chi connectivity index (χ2n) is 4.11. The second-order valence-corrected chi connectivity index (χ2v) is 4.90. The monoisotopic (exact) mass is 304 g/mol. The van der Waals surface area contributed by atoms with E-state index in [0.717, 1.165) is 21.4 Å². The molecule has 2 rings (SSSR count). The standard InChI is InChI=1S/C13H13BrN4/c1-8-5-4-6-11(12(8)14)16-13-10(7-15)9(2)17-18(13)3/h4-6,16H,1-3H3. The van der Waals surface area contributed by atoms with Crippen LogP contribution in [-0.4, -0.2) is 9.78 Å². The molecule has 2 aromatic rings. The van der Waals surface area contributed by atoms with E-state index in [-0.39, 0.29) is 0 Å². The Morgan fingerprint density at radius 3 is 2.78 bits per heavy atom. The van der Waals surface area contributed by atoms with Crippen molar-refractivity contribution in [2.75, 3.05) is 5.32 Å². The van der Waals surface area contributed by atoms with Gasteiger partial charge in [0, 0.05) is 11.5 Å². The van der Waals surface area contributed by atoms with E-state index in [1.165, 1.54) is 0 Å².